The summed E-state index contributed by atoms with van der Waals surface area (Å²) < 4.78 is 31.1. The number of methoxy groups -OCH3 is 1. The Morgan fingerprint density at radius 1 is 1.00 bits per heavy atom. The first kappa shape index (κ1) is 16.9. The molecule has 1 aromatic heterocycles. The third-order valence-electron chi connectivity index (χ3n) is 3.88. The van der Waals surface area contributed by atoms with Crippen molar-refractivity contribution in [3.8, 4) is 0 Å². The van der Waals surface area contributed by atoms with Crippen molar-refractivity contribution in [1.29, 1.82) is 0 Å². The van der Waals surface area contributed by atoms with Crippen molar-refractivity contribution in [1.82, 2.24) is 3.97 Å². The molecule has 25 heavy (non-hydrogen) atoms. The van der Waals surface area contributed by atoms with Gasteiger partial charge in [-0.3, -0.25) is 4.79 Å². The molecule has 0 N–H and O–H groups in total. The molecule has 0 fully saturated rings. The first-order chi connectivity index (χ1) is 11.9. The van der Waals surface area contributed by atoms with Gasteiger partial charge in [0, 0.05) is 17.0 Å². The molecular weight excluding hydrogens is 342 g/mol. The largest absolute Gasteiger partial charge is 0.465 e. The van der Waals surface area contributed by atoms with Crippen LogP contribution in [0.4, 0.5) is 0 Å². The average Bonchev–Trinajstić information content (AvgIpc) is 2.62. The fourth-order valence-corrected chi connectivity index (χ4v) is 3.81. The van der Waals surface area contributed by atoms with E-state index in [1.807, 2.05) is 6.92 Å². The van der Waals surface area contributed by atoms with Crippen LogP contribution in [0.3, 0.4) is 0 Å². The summed E-state index contributed by atoms with van der Waals surface area (Å²) in [6, 6.07) is 12.4. The van der Waals surface area contributed by atoms with E-state index in [-0.39, 0.29) is 15.8 Å². The Morgan fingerprint density at radius 2 is 1.60 bits per heavy atom. The third-order valence-corrected chi connectivity index (χ3v) is 5.53. The number of hydrogen-bond donors (Lipinski definition) is 0. The standard InChI is InChI=1S/C18H15NO5S/c1-12-7-9-13(10-8-12)25(22,23)19-11-16(18(21)24-2)14-5-3-4-6-15(14)17(19)20/h3-11H,1-2H3. The Hall–Kier alpha value is -2.93. The lowest BCUT2D eigenvalue weighted by atomic mass is 10.1. The predicted molar refractivity (Wildman–Crippen MR) is 93.3 cm³/mol. The van der Waals surface area contributed by atoms with E-state index in [0.29, 0.717) is 9.36 Å². The highest BCUT2D eigenvalue weighted by Gasteiger charge is 2.23. The lowest BCUT2D eigenvalue weighted by Gasteiger charge is -2.12. The quantitative estimate of drug-likeness (QED) is 0.672. The highest BCUT2D eigenvalue weighted by Crippen LogP contribution is 2.20. The number of hydrogen-bond acceptors (Lipinski definition) is 5. The lowest BCUT2D eigenvalue weighted by Crippen LogP contribution is -2.28. The number of ether oxygens (including phenoxy) is 1. The monoisotopic (exact) mass is 357 g/mol. The van der Waals surface area contributed by atoms with Crippen molar-refractivity contribution in [2.45, 2.75) is 11.8 Å². The maximum atomic E-state index is 12.9. The maximum Gasteiger partial charge on any atom is 0.340 e. The van der Waals surface area contributed by atoms with Gasteiger partial charge in [-0.25, -0.2) is 17.2 Å². The Morgan fingerprint density at radius 3 is 2.20 bits per heavy atom. The molecule has 1 heterocycles. The summed E-state index contributed by atoms with van der Waals surface area (Å²) in [6.07, 6.45) is 1.02. The summed E-state index contributed by atoms with van der Waals surface area (Å²) in [6.45, 7) is 1.83. The number of pyridine rings is 1. The van der Waals surface area contributed by atoms with Crippen LogP contribution in [0.25, 0.3) is 10.8 Å². The van der Waals surface area contributed by atoms with Crippen LogP contribution < -0.4 is 5.56 Å². The number of nitrogens with zero attached hydrogens (tertiary/aromatic N) is 1. The van der Waals surface area contributed by atoms with Crippen molar-refractivity contribution in [2.24, 2.45) is 0 Å². The number of rotatable bonds is 3. The van der Waals surface area contributed by atoms with E-state index in [1.54, 1.807) is 30.3 Å². The molecular formula is C18H15NO5S. The highest BCUT2D eigenvalue weighted by molar-refractivity contribution is 7.90. The van der Waals surface area contributed by atoms with Gasteiger partial charge in [-0.1, -0.05) is 35.9 Å². The Labute approximate surface area is 144 Å². The van der Waals surface area contributed by atoms with Crippen molar-refractivity contribution in [3.05, 3.63) is 76.2 Å². The smallest absolute Gasteiger partial charge is 0.340 e. The van der Waals surface area contributed by atoms with Gasteiger partial charge < -0.3 is 4.74 Å². The summed E-state index contributed by atoms with van der Waals surface area (Å²) >= 11 is 0. The molecule has 6 nitrogen and oxygen atoms in total. The fourth-order valence-electron chi connectivity index (χ4n) is 2.54. The van der Waals surface area contributed by atoms with Crippen LogP contribution in [0.1, 0.15) is 15.9 Å². The van der Waals surface area contributed by atoms with Crippen LogP contribution in [-0.4, -0.2) is 25.5 Å². The van der Waals surface area contributed by atoms with Crippen LogP contribution in [0.15, 0.2) is 64.4 Å². The molecule has 128 valence electrons. The van der Waals surface area contributed by atoms with Crippen molar-refractivity contribution < 1.29 is 17.9 Å². The van der Waals surface area contributed by atoms with E-state index >= 15 is 0 Å². The molecule has 0 aliphatic carbocycles. The SMILES string of the molecule is COC(=O)c1cn(S(=O)(=O)c2ccc(C)cc2)c(=O)c2ccccc12. The molecule has 0 saturated carbocycles. The summed E-state index contributed by atoms with van der Waals surface area (Å²) in [5, 5.41) is 0.468. The number of carbonyl (C=O) groups is 1. The summed E-state index contributed by atoms with van der Waals surface area (Å²) in [5.41, 5.74) is 0.178. The first-order valence-corrected chi connectivity index (χ1v) is 8.85. The van der Waals surface area contributed by atoms with E-state index in [4.69, 9.17) is 4.74 Å². The molecule has 3 aromatic rings. The zero-order valence-electron chi connectivity index (χ0n) is 13.6. The second-order valence-corrected chi connectivity index (χ2v) is 7.31. The topological polar surface area (TPSA) is 82.4 Å². The maximum absolute atomic E-state index is 12.9. The summed E-state index contributed by atoms with van der Waals surface area (Å²) in [4.78, 5) is 24.7. The van der Waals surface area contributed by atoms with Crippen molar-refractivity contribution in [2.75, 3.05) is 7.11 Å². The van der Waals surface area contributed by atoms with Gasteiger partial charge in [-0.15, -0.1) is 0 Å². The summed E-state index contributed by atoms with van der Waals surface area (Å²) in [5.74, 6) is -0.718. The van der Waals surface area contributed by atoms with Gasteiger partial charge in [0.2, 0.25) is 0 Å². The molecule has 0 amide bonds. The molecule has 3 rings (SSSR count). The van der Waals surface area contributed by atoms with Crippen LogP contribution in [0, 0.1) is 6.92 Å². The fraction of sp³-hybridized carbons (Fsp3) is 0.111. The van der Waals surface area contributed by atoms with Crippen molar-refractivity contribution in [3.63, 3.8) is 0 Å². The Kier molecular flexibility index (Phi) is 4.18. The number of fused-ring (bicyclic) bond motifs is 1. The Balaban J connectivity index is 2.37. The molecule has 0 unspecified atom stereocenters. The molecule has 0 radical (unpaired) electrons. The van der Waals surface area contributed by atoms with E-state index in [2.05, 4.69) is 0 Å². The number of aromatic nitrogens is 1. The molecule has 7 heteroatoms. The first-order valence-electron chi connectivity index (χ1n) is 7.41. The van der Waals surface area contributed by atoms with Crippen LogP contribution in [-0.2, 0) is 14.8 Å². The number of esters is 1. The van der Waals surface area contributed by atoms with Gasteiger partial charge in [0.25, 0.3) is 15.6 Å². The van der Waals surface area contributed by atoms with E-state index in [1.165, 1.54) is 25.3 Å². The molecule has 0 aliphatic rings. The van der Waals surface area contributed by atoms with Gasteiger partial charge in [0.1, 0.15) is 0 Å². The lowest BCUT2D eigenvalue weighted by molar-refractivity contribution is 0.0602. The number of benzene rings is 2. The third kappa shape index (κ3) is 2.83. The molecule has 0 saturated heterocycles. The minimum Gasteiger partial charge on any atom is -0.465 e. The average molecular weight is 357 g/mol. The van der Waals surface area contributed by atoms with Gasteiger partial charge in [-0.05, 0) is 25.1 Å². The molecule has 0 bridgehead atoms. The van der Waals surface area contributed by atoms with Gasteiger partial charge in [0.05, 0.1) is 17.6 Å². The van der Waals surface area contributed by atoms with E-state index in [9.17, 15) is 18.0 Å². The summed E-state index contributed by atoms with van der Waals surface area (Å²) in [7, 11) is -2.95. The van der Waals surface area contributed by atoms with Crippen molar-refractivity contribution >= 4 is 26.8 Å². The van der Waals surface area contributed by atoms with Gasteiger partial charge >= 0.3 is 5.97 Å². The zero-order valence-corrected chi connectivity index (χ0v) is 14.4. The number of carbonyl (C=O) groups excluding carboxylic acids is 1. The molecule has 2 aromatic carbocycles. The van der Waals surface area contributed by atoms with Crippen LogP contribution in [0.2, 0.25) is 0 Å². The minimum absolute atomic E-state index is 0.00777. The molecule has 0 aliphatic heterocycles. The highest BCUT2D eigenvalue weighted by atomic mass is 32.2. The molecule has 0 spiro atoms. The Bertz CT molecular complexity index is 1130. The van der Waals surface area contributed by atoms with E-state index < -0.39 is 21.6 Å². The van der Waals surface area contributed by atoms with E-state index in [0.717, 1.165) is 11.8 Å². The van der Waals surface area contributed by atoms with Crippen LogP contribution >= 0.6 is 0 Å². The normalized spacial score (nSPS) is 11.4. The van der Waals surface area contributed by atoms with Gasteiger partial charge in [0.15, 0.2) is 0 Å². The van der Waals surface area contributed by atoms with Gasteiger partial charge in [-0.2, -0.15) is 0 Å². The molecule has 0 atom stereocenters. The minimum atomic E-state index is -4.15. The number of aryl methyl sites for hydroxylation is 1. The van der Waals surface area contributed by atoms with Crippen LogP contribution in [0.5, 0.6) is 0 Å². The second kappa shape index (κ2) is 6.18. The predicted octanol–water partition coefficient (Wildman–Crippen LogP) is 2.33. The second-order valence-electron chi connectivity index (χ2n) is 5.50. The zero-order chi connectivity index (χ0) is 18.2.